The van der Waals surface area contributed by atoms with Gasteiger partial charge in [-0.3, -0.25) is 9.48 Å². The smallest absolute Gasteiger partial charge is 0.158 e. The van der Waals surface area contributed by atoms with Crippen molar-refractivity contribution in [2.24, 2.45) is 0 Å². The monoisotopic (exact) mass is 394 g/mol. The molecular weight excluding hydrogens is 380 g/mol. The van der Waals surface area contributed by atoms with Crippen molar-refractivity contribution in [3.63, 3.8) is 0 Å². The van der Waals surface area contributed by atoms with E-state index in [0.717, 1.165) is 32.6 Å². The van der Waals surface area contributed by atoms with Crippen LogP contribution in [-0.4, -0.2) is 15.6 Å². The molecule has 0 spiro atoms. The van der Waals surface area contributed by atoms with Gasteiger partial charge in [-0.15, -0.1) is 0 Å². The molecule has 0 radical (unpaired) electrons. The number of benzene rings is 2. The molecule has 5 heteroatoms. The molecule has 0 aliphatic carbocycles. The van der Waals surface area contributed by atoms with E-state index in [9.17, 15) is 4.79 Å². The second-order valence-electron chi connectivity index (χ2n) is 5.93. The lowest BCUT2D eigenvalue weighted by molar-refractivity contribution is -0.119. The summed E-state index contributed by atoms with van der Waals surface area (Å²) in [6.45, 7) is 4.17. The molecule has 0 atom stereocenters. The molecule has 2 heterocycles. The maximum atomic E-state index is 12.5. The average Bonchev–Trinajstić information content (AvgIpc) is 3.02. The highest BCUT2D eigenvalue weighted by Crippen LogP contribution is 2.41. The molecule has 25 heavy (non-hydrogen) atoms. The topological polar surface area (TPSA) is 44.1 Å². The Bertz CT molecular complexity index is 974. The Kier molecular flexibility index (Phi) is 4.01. The van der Waals surface area contributed by atoms with Crippen molar-refractivity contribution in [1.29, 1.82) is 0 Å². The van der Waals surface area contributed by atoms with Crippen LogP contribution in [0.2, 0.25) is 0 Å². The number of halogens is 1. The van der Waals surface area contributed by atoms with Gasteiger partial charge in [-0.05, 0) is 29.8 Å². The lowest BCUT2D eigenvalue weighted by atomic mass is 10.0. The molecule has 124 valence electrons. The van der Waals surface area contributed by atoms with Gasteiger partial charge in [-0.25, -0.2) is 0 Å². The Morgan fingerprint density at radius 1 is 1.12 bits per heavy atom. The molecule has 0 fully saturated rings. The number of hydrogen-bond donors (Lipinski definition) is 0. The van der Waals surface area contributed by atoms with E-state index in [1.807, 2.05) is 48.5 Å². The predicted octanol–water partition coefficient (Wildman–Crippen LogP) is 4.49. The number of rotatable bonds is 4. The lowest BCUT2D eigenvalue weighted by Gasteiger charge is -2.20. The fourth-order valence-electron chi connectivity index (χ4n) is 2.99. The van der Waals surface area contributed by atoms with Crippen molar-refractivity contribution >= 4 is 27.5 Å². The lowest BCUT2D eigenvalue weighted by Crippen LogP contribution is -2.16. The molecule has 0 unspecified atom stereocenters. The van der Waals surface area contributed by atoms with E-state index in [1.165, 1.54) is 0 Å². The molecule has 0 saturated carbocycles. The number of para-hydroxylation sites is 1. The van der Waals surface area contributed by atoms with E-state index in [-0.39, 0.29) is 12.3 Å². The zero-order chi connectivity index (χ0) is 17.4. The van der Waals surface area contributed by atoms with Crippen LogP contribution in [0.25, 0.3) is 17.0 Å². The maximum absolute atomic E-state index is 12.5. The summed E-state index contributed by atoms with van der Waals surface area (Å²) in [5.41, 5.74) is 3.63. The highest BCUT2D eigenvalue weighted by molar-refractivity contribution is 9.10. The Morgan fingerprint density at radius 2 is 1.88 bits per heavy atom. The normalized spacial score (nSPS) is 12.3. The number of carbonyl (C=O) groups excluding carboxylic acids is 1. The van der Waals surface area contributed by atoms with Crippen LogP contribution in [0.3, 0.4) is 0 Å². The fourth-order valence-corrected chi connectivity index (χ4v) is 3.25. The van der Waals surface area contributed by atoms with Crippen molar-refractivity contribution in [3.8, 4) is 17.0 Å². The molecule has 1 aliphatic heterocycles. The third kappa shape index (κ3) is 3.03. The first-order valence-electron chi connectivity index (χ1n) is 7.90. The van der Waals surface area contributed by atoms with Crippen LogP contribution in [0.4, 0.5) is 0 Å². The number of aromatic nitrogens is 2. The van der Waals surface area contributed by atoms with Gasteiger partial charge >= 0.3 is 0 Å². The van der Waals surface area contributed by atoms with Gasteiger partial charge in [0.15, 0.2) is 5.78 Å². The molecule has 1 aromatic heterocycles. The summed E-state index contributed by atoms with van der Waals surface area (Å²) in [5, 5.41) is 4.39. The maximum Gasteiger partial charge on any atom is 0.158 e. The molecule has 2 aromatic carbocycles. The number of hydrogen-bond acceptors (Lipinski definition) is 3. The van der Waals surface area contributed by atoms with E-state index < -0.39 is 0 Å². The average molecular weight is 395 g/mol. The Labute approximate surface area is 153 Å². The first-order valence-corrected chi connectivity index (χ1v) is 8.69. The third-order valence-corrected chi connectivity index (χ3v) is 4.68. The molecule has 0 bridgehead atoms. The Hall–Kier alpha value is -2.66. The minimum Gasteiger partial charge on any atom is -0.457 e. The van der Waals surface area contributed by atoms with E-state index in [0.29, 0.717) is 12.2 Å². The van der Waals surface area contributed by atoms with Crippen LogP contribution in [0.15, 0.2) is 65.8 Å². The van der Waals surface area contributed by atoms with Gasteiger partial charge in [0.25, 0.3) is 0 Å². The van der Waals surface area contributed by atoms with Crippen LogP contribution >= 0.6 is 15.9 Å². The second-order valence-corrected chi connectivity index (χ2v) is 6.84. The zero-order valence-corrected chi connectivity index (χ0v) is 15.0. The van der Waals surface area contributed by atoms with E-state index in [2.05, 4.69) is 27.6 Å². The third-order valence-electron chi connectivity index (χ3n) is 4.16. The summed E-state index contributed by atoms with van der Waals surface area (Å²) in [6.07, 6.45) is 2.08. The number of fused-ring (bicyclic) bond motifs is 3. The highest BCUT2D eigenvalue weighted by Gasteiger charge is 2.25. The van der Waals surface area contributed by atoms with E-state index in [1.54, 1.807) is 10.9 Å². The van der Waals surface area contributed by atoms with Crippen molar-refractivity contribution in [2.75, 3.05) is 0 Å². The van der Waals surface area contributed by atoms with E-state index in [4.69, 9.17) is 4.74 Å². The van der Waals surface area contributed by atoms with Gasteiger partial charge in [-0.2, -0.15) is 5.10 Å². The van der Waals surface area contributed by atoms with Crippen LogP contribution < -0.4 is 4.74 Å². The summed E-state index contributed by atoms with van der Waals surface area (Å²) in [6, 6.07) is 15.5. The van der Waals surface area contributed by atoms with Gasteiger partial charge < -0.3 is 4.74 Å². The Balaban J connectivity index is 1.62. The molecule has 4 nitrogen and oxygen atoms in total. The summed E-state index contributed by atoms with van der Waals surface area (Å²) in [4.78, 5) is 12.5. The minimum absolute atomic E-state index is 0.0998. The van der Waals surface area contributed by atoms with E-state index >= 15 is 0 Å². The second kappa shape index (κ2) is 6.33. The fraction of sp³-hybridized carbons (Fsp3) is 0.100. The van der Waals surface area contributed by atoms with Crippen molar-refractivity contribution in [1.82, 2.24) is 9.78 Å². The van der Waals surface area contributed by atoms with Crippen molar-refractivity contribution < 1.29 is 9.53 Å². The minimum atomic E-state index is 0.0998. The molecule has 0 saturated heterocycles. The number of ketones is 1. The number of Topliss-reactive ketones (excluding diaryl/α,β-unsaturated/α-hetero) is 1. The summed E-state index contributed by atoms with van der Waals surface area (Å²) in [5.74, 6) is 1.39. The standard InChI is InChI=1S/C20H15BrN2O2/c1-13-18-11-22-23(20(18)17-4-2-3-5-19(17)25-13)12-16(24)10-14-6-8-15(21)9-7-14/h2-9,11H,1,10,12H2. The Morgan fingerprint density at radius 3 is 2.68 bits per heavy atom. The first-order chi connectivity index (χ1) is 12.1. The van der Waals surface area contributed by atoms with Crippen LogP contribution in [0, 0.1) is 0 Å². The van der Waals surface area contributed by atoms with Gasteiger partial charge in [0.2, 0.25) is 0 Å². The first kappa shape index (κ1) is 15.8. The van der Waals surface area contributed by atoms with Gasteiger partial charge in [0.05, 0.1) is 17.5 Å². The summed E-state index contributed by atoms with van der Waals surface area (Å²) < 4.78 is 8.49. The quantitative estimate of drug-likeness (QED) is 0.654. The summed E-state index contributed by atoms with van der Waals surface area (Å²) >= 11 is 3.40. The molecular formula is C20H15BrN2O2. The number of carbonyl (C=O) groups is 1. The predicted molar refractivity (Wildman–Crippen MR) is 100 cm³/mol. The zero-order valence-electron chi connectivity index (χ0n) is 13.4. The summed E-state index contributed by atoms with van der Waals surface area (Å²) in [7, 11) is 0. The van der Waals surface area contributed by atoms with Crippen molar-refractivity contribution in [2.45, 2.75) is 13.0 Å². The molecule has 0 N–H and O–H groups in total. The number of nitrogens with zero attached hydrogens (tertiary/aromatic N) is 2. The van der Waals surface area contributed by atoms with Gasteiger partial charge in [-0.1, -0.05) is 46.8 Å². The van der Waals surface area contributed by atoms with Crippen LogP contribution in [0.5, 0.6) is 5.75 Å². The van der Waals surface area contributed by atoms with Gasteiger partial charge in [0.1, 0.15) is 18.1 Å². The number of ether oxygens (including phenoxy) is 1. The van der Waals surface area contributed by atoms with Gasteiger partial charge in [0, 0.05) is 16.5 Å². The molecule has 0 amide bonds. The SMILES string of the molecule is C=C1Oc2ccccc2-c2c1cnn2CC(=O)Cc1ccc(Br)cc1. The molecule has 1 aliphatic rings. The highest BCUT2D eigenvalue weighted by atomic mass is 79.9. The largest absolute Gasteiger partial charge is 0.457 e. The van der Waals surface area contributed by atoms with Crippen LogP contribution in [0.1, 0.15) is 11.1 Å². The molecule has 4 rings (SSSR count). The van der Waals surface area contributed by atoms with Crippen molar-refractivity contribution in [3.05, 3.63) is 76.9 Å². The van der Waals surface area contributed by atoms with Crippen LogP contribution in [-0.2, 0) is 17.8 Å². The molecule has 3 aromatic rings.